The van der Waals surface area contributed by atoms with Crippen LogP contribution >= 0.6 is 0 Å². The van der Waals surface area contributed by atoms with E-state index in [4.69, 9.17) is 4.74 Å². The minimum Gasteiger partial charge on any atom is -0.442 e. The Kier molecular flexibility index (Phi) is 3.50. The zero-order valence-electron chi connectivity index (χ0n) is 10.5. The number of carbonyl (C=O) groups excluding carboxylic acids is 2. The molecule has 0 aromatic heterocycles. The van der Waals surface area contributed by atoms with Crippen molar-refractivity contribution in [2.45, 2.75) is 20.0 Å². The van der Waals surface area contributed by atoms with Crippen molar-refractivity contribution >= 4 is 17.7 Å². The smallest absolute Gasteiger partial charge is 0.414 e. The number of hydrogen-bond donors (Lipinski definition) is 1. The zero-order valence-corrected chi connectivity index (χ0v) is 10.5. The Morgan fingerprint density at radius 3 is 2.72 bits per heavy atom. The van der Waals surface area contributed by atoms with E-state index in [1.165, 1.54) is 6.92 Å². The number of amides is 2. The van der Waals surface area contributed by atoms with E-state index < -0.39 is 0 Å². The first-order valence-electron chi connectivity index (χ1n) is 5.85. The highest BCUT2D eigenvalue weighted by Crippen LogP contribution is 2.21. The van der Waals surface area contributed by atoms with Gasteiger partial charge in [-0.15, -0.1) is 0 Å². The van der Waals surface area contributed by atoms with E-state index in [0.29, 0.717) is 13.1 Å². The average molecular weight is 248 g/mol. The summed E-state index contributed by atoms with van der Waals surface area (Å²) in [5.41, 5.74) is 1.96. The summed E-state index contributed by atoms with van der Waals surface area (Å²) in [5.74, 6) is -0.125. The lowest BCUT2D eigenvalue weighted by Gasteiger charge is -2.13. The van der Waals surface area contributed by atoms with Gasteiger partial charge in [0.2, 0.25) is 5.91 Å². The SMILES string of the molecule is CC(=O)NCC1CN(c2ccc(C)cc2)C(=O)O1. The monoisotopic (exact) mass is 248 g/mol. The van der Waals surface area contributed by atoms with Crippen LogP contribution in [0, 0.1) is 6.92 Å². The summed E-state index contributed by atoms with van der Waals surface area (Å²) in [6.45, 7) is 4.24. The summed E-state index contributed by atoms with van der Waals surface area (Å²) in [6, 6.07) is 7.67. The van der Waals surface area contributed by atoms with Crippen LogP contribution in [0.25, 0.3) is 0 Å². The molecule has 1 fully saturated rings. The first-order valence-corrected chi connectivity index (χ1v) is 5.85. The lowest BCUT2D eigenvalue weighted by Crippen LogP contribution is -2.33. The number of cyclic esters (lactones) is 1. The maximum atomic E-state index is 11.7. The highest BCUT2D eigenvalue weighted by molar-refractivity contribution is 5.89. The predicted octanol–water partition coefficient (Wildman–Crippen LogP) is 1.46. The molecule has 1 N–H and O–H groups in total. The number of anilines is 1. The predicted molar refractivity (Wildman–Crippen MR) is 67.5 cm³/mol. The molecular weight excluding hydrogens is 232 g/mol. The van der Waals surface area contributed by atoms with E-state index in [2.05, 4.69) is 5.32 Å². The highest BCUT2D eigenvalue weighted by atomic mass is 16.6. The van der Waals surface area contributed by atoms with E-state index in [-0.39, 0.29) is 18.1 Å². The third-order valence-corrected chi connectivity index (χ3v) is 2.80. The third-order valence-electron chi connectivity index (χ3n) is 2.80. The standard InChI is InChI=1S/C13H16N2O3/c1-9-3-5-11(6-4-9)15-8-12(18-13(15)17)7-14-10(2)16/h3-6,12H,7-8H2,1-2H3,(H,14,16). The van der Waals surface area contributed by atoms with Crippen LogP contribution in [0.5, 0.6) is 0 Å². The molecule has 5 nitrogen and oxygen atoms in total. The second-order valence-electron chi connectivity index (χ2n) is 4.39. The van der Waals surface area contributed by atoms with Gasteiger partial charge in [-0.1, -0.05) is 17.7 Å². The van der Waals surface area contributed by atoms with Crippen LogP contribution in [-0.2, 0) is 9.53 Å². The third kappa shape index (κ3) is 2.80. The summed E-state index contributed by atoms with van der Waals surface area (Å²) < 4.78 is 5.18. The Labute approximate surface area is 106 Å². The fourth-order valence-corrected chi connectivity index (χ4v) is 1.82. The Bertz CT molecular complexity index is 456. The van der Waals surface area contributed by atoms with E-state index in [9.17, 15) is 9.59 Å². The highest BCUT2D eigenvalue weighted by Gasteiger charge is 2.32. The largest absolute Gasteiger partial charge is 0.442 e. The van der Waals surface area contributed by atoms with E-state index in [0.717, 1.165) is 11.3 Å². The maximum absolute atomic E-state index is 11.7. The number of benzene rings is 1. The molecule has 0 saturated carbocycles. The van der Waals surface area contributed by atoms with E-state index in [1.807, 2.05) is 31.2 Å². The Morgan fingerprint density at radius 1 is 1.44 bits per heavy atom. The molecule has 0 bridgehead atoms. The molecule has 0 aliphatic carbocycles. The number of aryl methyl sites for hydroxylation is 1. The topological polar surface area (TPSA) is 58.6 Å². The van der Waals surface area contributed by atoms with Crippen LogP contribution in [0.15, 0.2) is 24.3 Å². The summed E-state index contributed by atoms with van der Waals surface area (Å²) in [5, 5.41) is 2.65. The number of rotatable bonds is 3. The van der Waals surface area contributed by atoms with Gasteiger partial charge in [0, 0.05) is 12.6 Å². The zero-order chi connectivity index (χ0) is 13.1. The molecule has 1 aromatic rings. The molecule has 1 heterocycles. The molecule has 1 saturated heterocycles. The molecule has 96 valence electrons. The van der Waals surface area contributed by atoms with Crippen LogP contribution in [0.1, 0.15) is 12.5 Å². The first-order chi connectivity index (χ1) is 8.56. The second kappa shape index (κ2) is 5.08. The van der Waals surface area contributed by atoms with Gasteiger partial charge >= 0.3 is 6.09 Å². The number of hydrogen-bond acceptors (Lipinski definition) is 3. The summed E-state index contributed by atoms with van der Waals surface area (Å²) >= 11 is 0. The van der Waals surface area contributed by atoms with E-state index in [1.54, 1.807) is 4.90 Å². The van der Waals surface area contributed by atoms with Gasteiger partial charge in [-0.2, -0.15) is 0 Å². The van der Waals surface area contributed by atoms with Crippen molar-refractivity contribution in [3.05, 3.63) is 29.8 Å². The number of nitrogens with one attached hydrogen (secondary N) is 1. The van der Waals surface area contributed by atoms with Gasteiger partial charge in [-0.25, -0.2) is 4.79 Å². The number of nitrogens with zero attached hydrogens (tertiary/aromatic N) is 1. The van der Waals surface area contributed by atoms with Crippen molar-refractivity contribution in [2.75, 3.05) is 18.0 Å². The fourth-order valence-electron chi connectivity index (χ4n) is 1.82. The van der Waals surface area contributed by atoms with Crippen LogP contribution in [0.4, 0.5) is 10.5 Å². The molecule has 1 atom stereocenters. The number of ether oxygens (including phenoxy) is 1. The van der Waals surface area contributed by atoms with Gasteiger partial charge in [-0.05, 0) is 19.1 Å². The van der Waals surface area contributed by atoms with Crippen molar-refractivity contribution in [2.24, 2.45) is 0 Å². The van der Waals surface area contributed by atoms with Gasteiger partial charge in [-0.3, -0.25) is 9.69 Å². The maximum Gasteiger partial charge on any atom is 0.414 e. The van der Waals surface area contributed by atoms with Crippen LogP contribution in [0.2, 0.25) is 0 Å². The minimum absolute atomic E-state index is 0.125. The molecule has 2 amide bonds. The van der Waals surface area contributed by atoms with Crippen molar-refractivity contribution in [3.63, 3.8) is 0 Å². The van der Waals surface area contributed by atoms with Gasteiger partial charge in [0.1, 0.15) is 6.10 Å². The summed E-state index contributed by atoms with van der Waals surface area (Å²) in [6.07, 6.45) is -0.656. The Morgan fingerprint density at radius 2 is 2.11 bits per heavy atom. The summed E-state index contributed by atoms with van der Waals surface area (Å²) in [4.78, 5) is 24.1. The van der Waals surface area contributed by atoms with Crippen molar-refractivity contribution in [1.29, 1.82) is 0 Å². The van der Waals surface area contributed by atoms with Gasteiger partial charge < -0.3 is 10.1 Å². The van der Waals surface area contributed by atoms with Gasteiger partial charge in [0.15, 0.2) is 0 Å². The number of carbonyl (C=O) groups is 2. The quantitative estimate of drug-likeness (QED) is 0.881. The fraction of sp³-hybridized carbons (Fsp3) is 0.385. The van der Waals surface area contributed by atoms with Gasteiger partial charge in [0.25, 0.3) is 0 Å². The molecule has 18 heavy (non-hydrogen) atoms. The van der Waals surface area contributed by atoms with Gasteiger partial charge in [0.05, 0.1) is 13.1 Å². The minimum atomic E-state index is -0.366. The summed E-state index contributed by atoms with van der Waals surface area (Å²) in [7, 11) is 0. The molecular formula is C13H16N2O3. The first kappa shape index (κ1) is 12.4. The normalized spacial score (nSPS) is 18.7. The lowest BCUT2D eigenvalue weighted by molar-refractivity contribution is -0.119. The lowest BCUT2D eigenvalue weighted by atomic mass is 10.2. The molecule has 0 spiro atoms. The molecule has 1 aromatic carbocycles. The molecule has 1 unspecified atom stereocenters. The molecule has 1 aliphatic rings. The Balaban J connectivity index is 2.00. The molecule has 2 rings (SSSR count). The second-order valence-corrected chi connectivity index (χ2v) is 4.39. The Hall–Kier alpha value is -2.04. The van der Waals surface area contributed by atoms with Crippen molar-refractivity contribution in [3.8, 4) is 0 Å². The van der Waals surface area contributed by atoms with Crippen LogP contribution in [0.3, 0.4) is 0 Å². The van der Waals surface area contributed by atoms with Crippen LogP contribution < -0.4 is 10.2 Å². The van der Waals surface area contributed by atoms with E-state index >= 15 is 0 Å². The molecule has 0 radical (unpaired) electrons. The molecule has 1 aliphatic heterocycles. The average Bonchev–Trinajstić information content (AvgIpc) is 2.69. The van der Waals surface area contributed by atoms with Crippen molar-refractivity contribution in [1.82, 2.24) is 5.32 Å². The van der Waals surface area contributed by atoms with Crippen LogP contribution in [-0.4, -0.2) is 31.2 Å². The van der Waals surface area contributed by atoms with Crippen molar-refractivity contribution < 1.29 is 14.3 Å². The molecule has 5 heteroatoms.